The first-order valence-electron chi connectivity index (χ1n) is 6.67. The summed E-state index contributed by atoms with van der Waals surface area (Å²) < 4.78 is 0. The molecule has 0 saturated heterocycles. The van der Waals surface area contributed by atoms with E-state index in [1.807, 2.05) is 24.3 Å². The van der Waals surface area contributed by atoms with Crippen LogP contribution in [0.15, 0.2) is 66.7 Å². The van der Waals surface area contributed by atoms with Gasteiger partial charge in [0, 0.05) is 0 Å². The fraction of sp³-hybridized carbons (Fsp3) is 0.0588. The van der Waals surface area contributed by atoms with Crippen LogP contribution in [0.2, 0.25) is 0 Å². The van der Waals surface area contributed by atoms with E-state index in [2.05, 4.69) is 52.7 Å². The summed E-state index contributed by atoms with van der Waals surface area (Å²) in [7, 11) is 0. The van der Waals surface area contributed by atoms with Crippen molar-refractivity contribution >= 4 is 21.8 Å². The molecule has 0 fully saturated rings. The Balaban J connectivity index is 1.80. The maximum absolute atomic E-state index is 4.52. The summed E-state index contributed by atoms with van der Waals surface area (Å²) in [5, 5.41) is 11.6. The monoisotopic (exact) mass is 259 g/mol. The Morgan fingerprint density at radius 1 is 0.700 bits per heavy atom. The van der Waals surface area contributed by atoms with Gasteiger partial charge in [0.2, 0.25) is 0 Å². The van der Waals surface area contributed by atoms with Crippen LogP contribution in [0.4, 0.5) is 0 Å². The highest BCUT2D eigenvalue weighted by Gasteiger charge is 2.05. The Kier molecular flexibility index (Phi) is 2.49. The third-order valence-corrected chi connectivity index (χ3v) is 3.52. The van der Waals surface area contributed by atoms with E-state index >= 15 is 0 Å². The largest absolute Gasteiger partial charge is 0.179 e. The molecule has 0 N–H and O–H groups in total. The SMILES string of the molecule is c1ccc2c(Cn3nc4ccccc4n3)cccc2c1. The van der Waals surface area contributed by atoms with Crippen molar-refractivity contribution in [3.05, 3.63) is 72.3 Å². The highest BCUT2D eigenvalue weighted by molar-refractivity contribution is 5.85. The smallest absolute Gasteiger partial charge is 0.113 e. The Hall–Kier alpha value is -2.68. The Bertz CT molecular complexity index is 854. The van der Waals surface area contributed by atoms with Gasteiger partial charge in [0.1, 0.15) is 11.0 Å². The summed E-state index contributed by atoms with van der Waals surface area (Å²) in [4.78, 5) is 1.77. The molecular formula is C17H13N3. The molecule has 0 unspecified atom stereocenters. The minimum atomic E-state index is 0.691. The van der Waals surface area contributed by atoms with Crippen LogP contribution in [-0.4, -0.2) is 15.0 Å². The van der Waals surface area contributed by atoms with Crippen molar-refractivity contribution in [2.24, 2.45) is 0 Å². The summed E-state index contributed by atoms with van der Waals surface area (Å²) in [6.45, 7) is 0.691. The van der Waals surface area contributed by atoms with Crippen molar-refractivity contribution < 1.29 is 0 Å². The zero-order chi connectivity index (χ0) is 13.4. The normalized spacial score (nSPS) is 11.2. The number of rotatable bonds is 2. The van der Waals surface area contributed by atoms with Gasteiger partial charge in [-0.25, -0.2) is 0 Å². The van der Waals surface area contributed by atoms with Crippen LogP contribution in [0.5, 0.6) is 0 Å². The van der Waals surface area contributed by atoms with E-state index in [9.17, 15) is 0 Å². The van der Waals surface area contributed by atoms with Crippen LogP contribution in [0.3, 0.4) is 0 Å². The van der Waals surface area contributed by atoms with Crippen LogP contribution < -0.4 is 0 Å². The minimum absolute atomic E-state index is 0.691. The maximum atomic E-state index is 4.52. The molecule has 0 bridgehead atoms. The van der Waals surface area contributed by atoms with Gasteiger partial charge in [0.15, 0.2) is 0 Å². The van der Waals surface area contributed by atoms with Gasteiger partial charge in [-0.1, -0.05) is 54.6 Å². The molecule has 0 aliphatic heterocycles. The van der Waals surface area contributed by atoms with E-state index in [1.54, 1.807) is 4.80 Å². The molecule has 3 heteroatoms. The van der Waals surface area contributed by atoms with Gasteiger partial charge in [-0.2, -0.15) is 15.0 Å². The lowest BCUT2D eigenvalue weighted by molar-refractivity contribution is 0.603. The van der Waals surface area contributed by atoms with Gasteiger partial charge in [0.25, 0.3) is 0 Å². The molecule has 3 aromatic carbocycles. The van der Waals surface area contributed by atoms with Gasteiger partial charge in [-0.3, -0.25) is 0 Å². The lowest BCUT2D eigenvalue weighted by Crippen LogP contribution is -2.03. The molecule has 0 spiro atoms. The molecule has 4 aromatic rings. The molecule has 4 rings (SSSR count). The van der Waals surface area contributed by atoms with E-state index in [4.69, 9.17) is 0 Å². The highest BCUT2D eigenvalue weighted by Crippen LogP contribution is 2.19. The predicted molar refractivity (Wildman–Crippen MR) is 80.6 cm³/mol. The van der Waals surface area contributed by atoms with Crippen LogP contribution in [0.25, 0.3) is 21.8 Å². The molecule has 0 saturated carbocycles. The van der Waals surface area contributed by atoms with E-state index in [0.717, 1.165) is 11.0 Å². The summed E-state index contributed by atoms with van der Waals surface area (Å²) in [5.74, 6) is 0. The first-order chi connectivity index (χ1) is 9.90. The van der Waals surface area contributed by atoms with Crippen molar-refractivity contribution in [1.29, 1.82) is 0 Å². The average molecular weight is 259 g/mol. The molecule has 0 atom stereocenters. The Morgan fingerprint density at radius 2 is 1.35 bits per heavy atom. The third-order valence-electron chi connectivity index (χ3n) is 3.52. The second-order valence-electron chi connectivity index (χ2n) is 4.86. The lowest BCUT2D eigenvalue weighted by atomic mass is 10.1. The minimum Gasteiger partial charge on any atom is -0.179 e. The fourth-order valence-electron chi connectivity index (χ4n) is 2.56. The number of hydrogen-bond acceptors (Lipinski definition) is 2. The van der Waals surface area contributed by atoms with Gasteiger partial charge in [-0.05, 0) is 28.5 Å². The molecule has 1 aromatic heterocycles. The number of benzene rings is 3. The van der Waals surface area contributed by atoms with Gasteiger partial charge >= 0.3 is 0 Å². The summed E-state index contributed by atoms with van der Waals surface area (Å²) in [5.41, 5.74) is 3.11. The van der Waals surface area contributed by atoms with Crippen LogP contribution in [0.1, 0.15) is 5.56 Å². The first-order valence-corrected chi connectivity index (χ1v) is 6.67. The molecule has 3 nitrogen and oxygen atoms in total. The molecule has 20 heavy (non-hydrogen) atoms. The van der Waals surface area contributed by atoms with E-state index in [1.165, 1.54) is 16.3 Å². The number of fused-ring (bicyclic) bond motifs is 2. The standard InChI is InChI=1S/C17H13N3/c1-2-9-15-13(6-1)7-5-8-14(15)12-20-18-16-10-3-4-11-17(16)19-20/h1-11H,12H2. The lowest BCUT2D eigenvalue weighted by Gasteiger charge is -2.05. The molecule has 0 aliphatic rings. The van der Waals surface area contributed by atoms with E-state index < -0.39 is 0 Å². The third kappa shape index (κ3) is 1.84. The quantitative estimate of drug-likeness (QED) is 0.550. The van der Waals surface area contributed by atoms with Gasteiger partial charge < -0.3 is 0 Å². The summed E-state index contributed by atoms with van der Waals surface area (Å²) in [6.07, 6.45) is 0. The van der Waals surface area contributed by atoms with Crippen molar-refractivity contribution in [3.63, 3.8) is 0 Å². The zero-order valence-electron chi connectivity index (χ0n) is 10.9. The maximum Gasteiger partial charge on any atom is 0.113 e. The Morgan fingerprint density at radius 3 is 2.15 bits per heavy atom. The van der Waals surface area contributed by atoms with Gasteiger partial charge in [-0.15, -0.1) is 0 Å². The molecule has 96 valence electrons. The number of hydrogen-bond donors (Lipinski definition) is 0. The van der Waals surface area contributed by atoms with Gasteiger partial charge in [0.05, 0.1) is 6.54 Å². The topological polar surface area (TPSA) is 30.7 Å². The van der Waals surface area contributed by atoms with Crippen molar-refractivity contribution in [1.82, 2.24) is 15.0 Å². The van der Waals surface area contributed by atoms with Crippen molar-refractivity contribution in [2.75, 3.05) is 0 Å². The predicted octanol–water partition coefficient (Wildman–Crippen LogP) is 3.63. The summed E-state index contributed by atoms with van der Waals surface area (Å²) >= 11 is 0. The van der Waals surface area contributed by atoms with Crippen LogP contribution in [0, 0.1) is 0 Å². The molecule has 1 heterocycles. The number of nitrogens with zero attached hydrogens (tertiary/aromatic N) is 3. The highest BCUT2D eigenvalue weighted by atomic mass is 15.5. The second kappa shape index (κ2) is 4.46. The summed E-state index contributed by atoms with van der Waals surface area (Å²) in [6, 6.07) is 22.7. The molecule has 0 aliphatic carbocycles. The van der Waals surface area contributed by atoms with E-state index in [0.29, 0.717) is 6.54 Å². The molecular weight excluding hydrogens is 246 g/mol. The fourth-order valence-corrected chi connectivity index (χ4v) is 2.56. The van der Waals surface area contributed by atoms with Crippen molar-refractivity contribution in [2.45, 2.75) is 6.54 Å². The average Bonchev–Trinajstić information content (AvgIpc) is 2.90. The second-order valence-corrected chi connectivity index (χ2v) is 4.86. The molecule has 0 radical (unpaired) electrons. The number of aromatic nitrogens is 3. The first kappa shape index (κ1) is 11.2. The zero-order valence-corrected chi connectivity index (χ0v) is 10.9. The van der Waals surface area contributed by atoms with Crippen molar-refractivity contribution in [3.8, 4) is 0 Å². The van der Waals surface area contributed by atoms with Crippen LogP contribution >= 0.6 is 0 Å². The Labute approximate surface area is 116 Å². The van der Waals surface area contributed by atoms with Crippen LogP contribution in [-0.2, 0) is 6.54 Å². The van der Waals surface area contributed by atoms with E-state index in [-0.39, 0.29) is 0 Å². The molecule has 0 amide bonds.